The average molecular weight is 548 g/mol. The highest BCUT2D eigenvalue weighted by Crippen LogP contribution is 2.37. The van der Waals surface area contributed by atoms with Crippen molar-refractivity contribution < 1.29 is 14.3 Å². The van der Waals surface area contributed by atoms with Crippen LogP contribution in [0.5, 0.6) is 11.5 Å². The van der Waals surface area contributed by atoms with Gasteiger partial charge in [0.25, 0.3) is 5.91 Å². The molecule has 1 aromatic heterocycles. The van der Waals surface area contributed by atoms with Crippen LogP contribution in [-0.4, -0.2) is 30.0 Å². The lowest BCUT2D eigenvalue weighted by atomic mass is 10.1. The summed E-state index contributed by atoms with van der Waals surface area (Å²) in [6.45, 7) is 0.341. The van der Waals surface area contributed by atoms with Gasteiger partial charge < -0.3 is 9.47 Å². The third kappa shape index (κ3) is 6.05. The lowest BCUT2D eigenvalue weighted by Gasteiger charge is -2.14. The van der Waals surface area contributed by atoms with Gasteiger partial charge in [-0.3, -0.25) is 4.79 Å². The van der Waals surface area contributed by atoms with Gasteiger partial charge in [0.1, 0.15) is 6.61 Å². The fourth-order valence-corrected chi connectivity index (χ4v) is 5.91. The van der Waals surface area contributed by atoms with Crippen LogP contribution >= 0.6 is 34.7 Å². The number of aromatic nitrogens is 1. The summed E-state index contributed by atoms with van der Waals surface area (Å²) in [4.78, 5) is 16.8. The number of fused-ring (bicyclic) bond motifs is 2. The minimum Gasteiger partial charge on any atom is -0.493 e. The first-order valence-corrected chi connectivity index (χ1v) is 13.6. The second kappa shape index (κ2) is 11.6. The van der Waals surface area contributed by atoms with Crippen molar-refractivity contribution in [1.82, 2.24) is 10.4 Å². The van der Waals surface area contributed by atoms with Crippen LogP contribution in [0.15, 0.2) is 88.3 Å². The van der Waals surface area contributed by atoms with E-state index in [2.05, 4.69) is 33.7 Å². The van der Waals surface area contributed by atoms with Crippen molar-refractivity contribution in [1.29, 1.82) is 0 Å². The Hall–Kier alpha value is -3.59. The molecular weight excluding hydrogens is 526 g/mol. The number of carbonyl (C=O) groups excluding carboxylic acids is 1. The summed E-state index contributed by atoms with van der Waals surface area (Å²) in [6.07, 6.45) is 1.52. The van der Waals surface area contributed by atoms with Gasteiger partial charge in [0.2, 0.25) is 0 Å². The minimum atomic E-state index is -0.228. The molecule has 6 nitrogen and oxygen atoms in total. The number of thioether (sulfide) groups is 1. The summed E-state index contributed by atoms with van der Waals surface area (Å²) in [5, 5.41) is 6.72. The summed E-state index contributed by atoms with van der Waals surface area (Å²) in [6, 6.07) is 25.6. The number of hydrogen-bond acceptors (Lipinski definition) is 7. The number of ether oxygens (including phenoxy) is 2. The van der Waals surface area contributed by atoms with Crippen molar-refractivity contribution in [2.75, 3.05) is 12.9 Å². The smallest absolute Gasteiger partial charge is 0.250 e. The largest absolute Gasteiger partial charge is 0.493 e. The number of nitrogens with zero attached hydrogens (tertiary/aromatic N) is 2. The van der Waals surface area contributed by atoms with Crippen LogP contribution in [0.3, 0.4) is 0 Å². The molecule has 0 fully saturated rings. The number of methoxy groups -OCH3 is 1. The summed E-state index contributed by atoms with van der Waals surface area (Å²) in [5.74, 6) is 0.911. The topological polar surface area (TPSA) is 72.8 Å². The molecule has 0 unspecified atom stereocenters. The first-order valence-electron chi connectivity index (χ1n) is 11.4. The molecule has 5 aromatic rings. The zero-order valence-corrected chi connectivity index (χ0v) is 22.2. The molecule has 0 saturated carbocycles. The van der Waals surface area contributed by atoms with Gasteiger partial charge in [-0.05, 0) is 46.2 Å². The van der Waals surface area contributed by atoms with E-state index in [4.69, 9.17) is 21.1 Å². The maximum Gasteiger partial charge on any atom is 0.250 e. The van der Waals surface area contributed by atoms with Gasteiger partial charge in [0.05, 0.1) is 34.3 Å². The average Bonchev–Trinajstić information content (AvgIpc) is 3.34. The zero-order chi connectivity index (χ0) is 25.6. The highest BCUT2D eigenvalue weighted by molar-refractivity contribution is 8.01. The molecule has 0 aliphatic heterocycles. The van der Waals surface area contributed by atoms with Crippen molar-refractivity contribution in [3.63, 3.8) is 0 Å². The number of nitrogens with one attached hydrogen (secondary N) is 1. The molecule has 0 atom stereocenters. The second-order valence-corrected chi connectivity index (χ2v) is 10.7. The molecular formula is C28H22ClN3O3S2. The van der Waals surface area contributed by atoms with Crippen molar-refractivity contribution >= 4 is 67.8 Å². The van der Waals surface area contributed by atoms with Crippen LogP contribution in [0.1, 0.15) is 11.1 Å². The molecule has 0 spiro atoms. The van der Waals surface area contributed by atoms with Crippen LogP contribution in [0.25, 0.3) is 21.0 Å². The van der Waals surface area contributed by atoms with Gasteiger partial charge >= 0.3 is 0 Å². The van der Waals surface area contributed by atoms with Crippen LogP contribution in [0.2, 0.25) is 5.02 Å². The number of thiazole rings is 1. The van der Waals surface area contributed by atoms with Crippen LogP contribution in [0.4, 0.5) is 0 Å². The van der Waals surface area contributed by atoms with E-state index >= 15 is 0 Å². The molecule has 186 valence electrons. The van der Waals surface area contributed by atoms with Gasteiger partial charge in [0.15, 0.2) is 15.8 Å². The van der Waals surface area contributed by atoms with E-state index in [0.717, 1.165) is 30.9 Å². The zero-order valence-electron chi connectivity index (χ0n) is 19.8. The predicted molar refractivity (Wildman–Crippen MR) is 152 cm³/mol. The van der Waals surface area contributed by atoms with Gasteiger partial charge in [-0.2, -0.15) is 5.10 Å². The lowest BCUT2D eigenvalue weighted by Crippen LogP contribution is -2.19. The Morgan fingerprint density at radius 1 is 1.11 bits per heavy atom. The molecule has 1 amide bonds. The number of benzene rings is 4. The van der Waals surface area contributed by atoms with Gasteiger partial charge in [-0.15, -0.1) is 11.3 Å². The van der Waals surface area contributed by atoms with Crippen LogP contribution < -0.4 is 14.9 Å². The number of rotatable bonds is 9. The molecule has 0 aliphatic rings. The first kappa shape index (κ1) is 25.1. The Bertz CT molecular complexity index is 1560. The molecule has 1 heterocycles. The van der Waals surface area contributed by atoms with Gasteiger partial charge in [-0.1, -0.05) is 78.0 Å². The minimum absolute atomic E-state index is 0.211. The SMILES string of the molecule is COc1cc(C=NNC(=O)CSc2nc3ccccc3s2)cc(Cl)c1OCc1cccc2ccccc12. The van der Waals surface area contributed by atoms with E-state index in [-0.39, 0.29) is 11.7 Å². The number of amides is 1. The standard InChI is InChI=1S/C28H22ClN3O3S2/c1-34-24-14-18(15-30-32-26(33)17-36-28-31-23-11-4-5-12-25(23)37-28)13-22(29)27(24)35-16-20-9-6-8-19-7-2-3-10-21(19)20/h2-15H,16-17H2,1H3,(H,32,33). The van der Waals surface area contributed by atoms with E-state index in [1.165, 1.54) is 18.0 Å². The van der Waals surface area contributed by atoms with Crippen molar-refractivity contribution in [3.8, 4) is 11.5 Å². The number of para-hydroxylation sites is 1. The normalized spacial score (nSPS) is 11.3. The van der Waals surface area contributed by atoms with Crippen molar-refractivity contribution in [2.45, 2.75) is 10.9 Å². The molecule has 1 N–H and O–H groups in total. The molecule has 0 radical (unpaired) electrons. The van der Waals surface area contributed by atoms with Crippen molar-refractivity contribution in [2.24, 2.45) is 5.10 Å². The van der Waals surface area contributed by atoms with Crippen LogP contribution in [-0.2, 0) is 11.4 Å². The Morgan fingerprint density at radius 2 is 1.92 bits per heavy atom. The van der Waals surface area contributed by atoms with E-state index in [9.17, 15) is 4.79 Å². The van der Waals surface area contributed by atoms with Crippen molar-refractivity contribution in [3.05, 3.63) is 95.0 Å². The molecule has 37 heavy (non-hydrogen) atoms. The van der Waals surface area contributed by atoms with E-state index in [1.807, 2.05) is 48.5 Å². The van der Waals surface area contributed by atoms with Crippen LogP contribution in [0, 0.1) is 0 Å². The Balaban J connectivity index is 1.20. The summed E-state index contributed by atoms with van der Waals surface area (Å²) >= 11 is 9.47. The molecule has 0 aliphatic carbocycles. The number of hydrazone groups is 1. The Labute approximate surface area is 227 Å². The first-order chi connectivity index (χ1) is 18.1. The third-order valence-electron chi connectivity index (χ3n) is 5.51. The number of hydrogen-bond donors (Lipinski definition) is 1. The number of halogens is 1. The van der Waals surface area contributed by atoms with E-state index in [0.29, 0.717) is 28.7 Å². The summed E-state index contributed by atoms with van der Waals surface area (Å²) < 4.78 is 13.5. The highest BCUT2D eigenvalue weighted by Gasteiger charge is 2.13. The fraction of sp³-hybridized carbons (Fsp3) is 0.107. The Morgan fingerprint density at radius 3 is 2.78 bits per heavy atom. The molecule has 4 aromatic carbocycles. The van der Waals surface area contributed by atoms with Gasteiger partial charge in [0, 0.05) is 0 Å². The quantitative estimate of drug-likeness (QED) is 0.123. The van der Waals surface area contributed by atoms with E-state index < -0.39 is 0 Å². The molecule has 0 saturated heterocycles. The highest BCUT2D eigenvalue weighted by atomic mass is 35.5. The number of carbonyl (C=O) groups is 1. The lowest BCUT2D eigenvalue weighted by molar-refractivity contribution is -0.118. The maximum absolute atomic E-state index is 12.2. The molecule has 0 bridgehead atoms. The monoisotopic (exact) mass is 547 g/mol. The second-order valence-electron chi connectivity index (χ2n) is 7.99. The fourth-order valence-electron chi connectivity index (χ4n) is 3.77. The third-order valence-corrected chi connectivity index (χ3v) is 7.97. The predicted octanol–water partition coefficient (Wildman–Crippen LogP) is 6.93. The maximum atomic E-state index is 12.2. The summed E-state index contributed by atoms with van der Waals surface area (Å²) in [7, 11) is 1.55. The van der Waals surface area contributed by atoms with Gasteiger partial charge in [-0.25, -0.2) is 10.4 Å². The molecule has 5 rings (SSSR count). The molecule has 9 heteroatoms. The van der Waals surface area contributed by atoms with E-state index in [1.54, 1.807) is 30.6 Å². The summed E-state index contributed by atoms with van der Waals surface area (Å²) in [5.41, 5.74) is 5.19. The Kier molecular flexibility index (Phi) is 7.89.